The first-order valence-electron chi connectivity index (χ1n) is 4.28. The van der Waals surface area contributed by atoms with E-state index in [2.05, 4.69) is 0 Å². The molecule has 0 aliphatic carbocycles. The van der Waals surface area contributed by atoms with E-state index in [4.69, 9.17) is 16.3 Å². The lowest BCUT2D eigenvalue weighted by Crippen LogP contribution is -1.98. The van der Waals surface area contributed by atoms with Crippen LogP contribution >= 0.6 is 11.6 Å². The van der Waals surface area contributed by atoms with Crippen LogP contribution in [0.25, 0.3) is 0 Å². The second-order valence-electron chi connectivity index (χ2n) is 3.16. The fourth-order valence-electron chi connectivity index (χ4n) is 0.892. The summed E-state index contributed by atoms with van der Waals surface area (Å²) in [5.74, 6) is 0.265. The molecule has 0 bridgehead atoms. The van der Waals surface area contributed by atoms with E-state index < -0.39 is 0 Å². The number of rotatable bonds is 3. The van der Waals surface area contributed by atoms with Crippen LogP contribution in [0, 0.1) is 12.7 Å². The molecule has 0 fully saturated rings. The Balaban J connectivity index is 2.64. The van der Waals surface area contributed by atoms with Crippen LogP contribution < -0.4 is 4.74 Å². The van der Waals surface area contributed by atoms with Gasteiger partial charge >= 0.3 is 0 Å². The average Bonchev–Trinajstić information content (AvgIpc) is 2.19. The zero-order valence-corrected chi connectivity index (χ0v) is 8.94. The van der Waals surface area contributed by atoms with Gasteiger partial charge in [-0.2, -0.15) is 0 Å². The zero-order valence-electron chi connectivity index (χ0n) is 8.18. The maximum Gasteiger partial charge on any atom is 0.129 e. The number of aryl methyl sites for hydroxylation is 1. The Bertz CT molecular complexity index is 347. The second kappa shape index (κ2) is 5.01. The molecule has 1 nitrogen and oxygen atoms in total. The Hall–Kier alpha value is -1.02. The first-order valence-corrected chi connectivity index (χ1v) is 4.72. The molecule has 0 amide bonds. The lowest BCUT2D eigenvalue weighted by atomic mass is 10.2. The van der Waals surface area contributed by atoms with Gasteiger partial charge in [0.15, 0.2) is 0 Å². The molecule has 0 saturated heterocycles. The van der Waals surface area contributed by atoms with Crippen LogP contribution in [0.1, 0.15) is 12.5 Å². The van der Waals surface area contributed by atoms with Crippen molar-refractivity contribution in [3.8, 4) is 5.75 Å². The van der Waals surface area contributed by atoms with Crippen molar-refractivity contribution in [2.24, 2.45) is 0 Å². The summed E-state index contributed by atoms with van der Waals surface area (Å²) in [6, 6.07) is 4.79. The highest BCUT2D eigenvalue weighted by atomic mass is 35.5. The molecule has 14 heavy (non-hydrogen) atoms. The molecule has 0 aliphatic rings. The molecule has 1 aromatic carbocycles. The molecule has 0 aromatic heterocycles. The summed E-state index contributed by atoms with van der Waals surface area (Å²) < 4.78 is 18.4. The molecule has 0 saturated carbocycles. The van der Waals surface area contributed by atoms with E-state index >= 15 is 0 Å². The Morgan fingerprint density at radius 1 is 1.57 bits per heavy atom. The van der Waals surface area contributed by atoms with E-state index in [1.165, 1.54) is 11.6 Å². The van der Waals surface area contributed by atoms with Gasteiger partial charge in [-0.3, -0.25) is 0 Å². The number of halogens is 2. The summed E-state index contributed by atoms with van der Waals surface area (Å²) >= 11 is 5.46. The van der Waals surface area contributed by atoms with E-state index in [1.54, 1.807) is 19.1 Å². The highest BCUT2D eigenvalue weighted by Gasteiger charge is 2.00. The molecule has 0 spiro atoms. The fraction of sp³-hybridized carbons (Fsp3) is 0.273. The van der Waals surface area contributed by atoms with E-state index in [-0.39, 0.29) is 5.82 Å². The molecular formula is C11H12ClFO. The van der Waals surface area contributed by atoms with Gasteiger partial charge in [0.25, 0.3) is 0 Å². The topological polar surface area (TPSA) is 9.23 Å². The zero-order chi connectivity index (χ0) is 10.6. The van der Waals surface area contributed by atoms with E-state index in [0.29, 0.717) is 17.9 Å². The van der Waals surface area contributed by atoms with Crippen molar-refractivity contribution in [1.29, 1.82) is 0 Å². The first-order chi connectivity index (χ1) is 6.63. The van der Waals surface area contributed by atoms with Gasteiger partial charge in [-0.05, 0) is 31.1 Å². The van der Waals surface area contributed by atoms with Crippen LogP contribution in [0.3, 0.4) is 0 Å². The smallest absolute Gasteiger partial charge is 0.129 e. The van der Waals surface area contributed by atoms with Gasteiger partial charge in [0.2, 0.25) is 0 Å². The third-order valence-corrected chi connectivity index (χ3v) is 2.17. The molecule has 0 N–H and O–H groups in total. The highest BCUT2D eigenvalue weighted by molar-refractivity contribution is 6.25. The van der Waals surface area contributed by atoms with Gasteiger partial charge in [-0.15, -0.1) is 0 Å². The van der Waals surface area contributed by atoms with Crippen LogP contribution in [0.2, 0.25) is 0 Å². The van der Waals surface area contributed by atoms with Crippen molar-refractivity contribution < 1.29 is 9.13 Å². The Kier molecular flexibility index (Phi) is 3.96. The monoisotopic (exact) mass is 214 g/mol. The van der Waals surface area contributed by atoms with E-state index in [0.717, 1.165) is 5.57 Å². The van der Waals surface area contributed by atoms with Gasteiger partial charge in [0.05, 0.1) is 0 Å². The van der Waals surface area contributed by atoms with Gasteiger partial charge in [0, 0.05) is 11.6 Å². The van der Waals surface area contributed by atoms with Gasteiger partial charge in [0.1, 0.15) is 18.2 Å². The number of hydrogen-bond donors (Lipinski definition) is 0. The second-order valence-corrected chi connectivity index (χ2v) is 3.37. The molecule has 1 rings (SSSR count). The van der Waals surface area contributed by atoms with Gasteiger partial charge in [-0.1, -0.05) is 17.7 Å². The van der Waals surface area contributed by atoms with Crippen molar-refractivity contribution in [3.63, 3.8) is 0 Å². The molecular weight excluding hydrogens is 203 g/mol. The van der Waals surface area contributed by atoms with Crippen molar-refractivity contribution in [2.75, 3.05) is 6.61 Å². The third kappa shape index (κ3) is 3.04. The van der Waals surface area contributed by atoms with Crippen molar-refractivity contribution >= 4 is 11.6 Å². The number of ether oxygens (including phenoxy) is 1. The maximum absolute atomic E-state index is 13.1. The van der Waals surface area contributed by atoms with Crippen molar-refractivity contribution in [3.05, 3.63) is 40.7 Å². The van der Waals surface area contributed by atoms with Crippen molar-refractivity contribution in [1.82, 2.24) is 0 Å². The van der Waals surface area contributed by atoms with E-state index in [1.807, 2.05) is 6.92 Å². The standard InChI is InChI=1S/C11H12ClFO/c1-8(6-12)7-14-10-4-3-9(2)11(13)5-10/h3-6H,7H2,1-2H3/b8-6-. The minimum atomic E-state index is -0.255. The minimum absolute atomic E-state index is 0.255. The molecule has 76 valence electrons. The van der Waals surface area contributed by atoms with Crippen molar-refractivity contribution in [2.45, 2.75) is 13.8 Å². The molecule has 0 unspecified atom stereocenters. The largest absolute Gasteiger partial charge is 0.489 e. The highest BCUT2D eigenvalue weighted by Crippen LogP contribution is 2.16. The molecule has 1 aromatic rings. The molecule has 0 atom stereocenters. The summed E-state index contributed by atoms with van der Waals surface area (Å²) in [7, 11) is 0. The average molecular weight is 215 g/mol. The SMILES string of the molecule is C/C(=C/Cl)COc1ccc(C)c(F)c1. The minimum Gasteiger partial charge on any atom is -0.489 e. The molecule has 0 heterocycles. The Labute approximate surface area is 88.1 Å². The Morgan fingerprint density at radius 2 is 2.29 bits per heavy atom. The summed E-state index contributed by atoms with van der Waals surface area (Å²) in [6.45, 7) is 3.94. The molecule has 0 aliphatic heterocycles. The van der Waals surface area contributed by atoms with Crippen LogP contribution in [0.4, 0.5) is 4.39 Å². The molecule has 0 radical (unpaired) electrons. The predicted octanol–water partition coefficient (Wildman–Crippen LogP) is 3.66. The van der Waals surface area contributed by atoms with E-state index in [9.17, 15) is 4.39 Å². The summed E-state index contributed by atoms with van der Waals surface area (Å²) in [5.41, 5.74) is 2.96. The summed E-state index contributed by atoms with van der Waals surface area (Å²) in [5, 5.41) is 0. The Morgan fingerprint density at radius 3 is 2.86 bits per heavy atom. The van der Waals surface area contributed by atoms with Gasteiger partial charge < -0.3 is 4.74 Å². The number of benzene rings is 1. The van der Waals surface area contributed by atoms with Gasteiger partial charge in [-0.25, -0.2) is 4.39 Å². The lowest BCUT2D eigenvalue weighted by molar-refractivity contribution is 0.350. The summed E-state index contributed by atoms with van der Waals surface area (Å²) in [6.07, 6.45) is 0. The van der Waals surface area contributed by atoms with Crippen LogP contribution in [-0.2, 0) is 0 Å². The van der Waals surface area contributed by atoms with Crippen LogP contribution in [0.15, 0.2) is 29.3 Å². The number of hydrogen-bond acceptors (Lipinski definition) is 1. The third-order valence-electron chi connectivity index (χ3n) is 1.80. The maximum atomic E-state index is 13.1. The van der Waals surface area contributed by atoms with Crippen LogP contribution in [-0.4, -0.2) is 6.61 Å². The molecule has 3 heteroatoms. The fourth-order valence-corrected chi connectivity index (χ4v) is 0.955. The quantitative estimate of drug-likeness (QED) is 0.746. The van der Waals surface area contributed by atoms with Crippen LogP contribution in [0.5, 0.6) is 5.75 Å². The first kappa shape index (κ1) is 11.1. The predicted molar refractivity (Wildman–Crippen MR) is 56.2 cm³/mol. The normalized spacial score (nSPS) is 11.6. The lowest BCUT2D eigenvalue weighted by Gasteiger charge is -2.06. The summed E-state index contributed by atoms with van der Waals surface area (Å²) in [4.78, 5) is 0.